The van der Waals surface area contributed by atoms with Crippen molar-refractivity contribution in [3.63, 3.8) is 0 Å². The lowest BCUT2D eigenvalue weighted by Gasteiger charge is -2.08. The van der Waals surface area contributed by atoms with Crippen molar-refractivity contribution in [2.45, 2.75) is 13.2 Å². The Morgan fingerprint density at radius 1 is 1.16 bits per heavy atom. The number of carbonyl (C=O) groups is 1. The highest BCUT2D eigenvalue weighted by molar-refractivity contribution is 6.00. The fraction of sp³-hybridized carbons (Fsp3) is 0.0833. The summed E-state index contributed by atoms with van der Waals surface area (Å²) in [7, 11) is 0. The molecule has 0 aliphatic heterocycles. The van der Waals surface area contributed by atoms with Gasteiger partial charge in [-0.3, -0.25) is 4.79 Å². The number of hydrogen-bond acceptors (Lipinski definition) is 4. The van der Waals surface area contributed by atoms with E-state index < -0.39 is 18.4 Å². The van der Waals surface area contributed by atoms with E-state index in [2.05, 4.69) is 10.5 Å². The van der Waals surface area contributed by atoms with Gasteiger partial charge in [0.05, 0.1) is 18.4 Å². The fourth-order valence-corrected chi connectivity index (χ4v) is 3.40. The van der Waals surface area contributed by atoms with Gasteiger partial charge >= 0.3 is 0 Å². The first-order chi connectivity index (χ1) is 15.5. The maximum atomic E-state index is 14.3. The Labute approximate surface area is 182 Å². The van der Waals surface area contributed by atoms with Crippen LogP contribution in [0.2, 0.25) is 0 Å². The molecule has 4 N–H and O–H groups in total. The topological polar surface area (TPSA) is 92.6 Å². The number of nitrogens with one attached hydrogen (secondary N) is 1. The highest BCUT2D eigenvalue weighted by atomic mass is 19.1. The molecule has 3 aromatic carbocycles. The number of rotatable bonds is 6. The summed E-state index contributed by atoms with van der Waals surface area (Å²) >= 11 is 0. The minimum absolute atomic E-state index is 0.0977. The van der Waals surface area contributed by atoms with Crippen molar-refractivity contribution in [1.82, 2.24) is 9.99 Å². The van der Waals surface area contributed by atoms with Gasteiger partial charge in [-0.05, 0) is 42.0 Å². The van der Waals surface area contributed by atoms with E-state index in [9.17, 15) is 18.7 Å². The fourth-order valence-electron chi connectivity index (χ4n) is 3.40. The highest BCUT2D eigenvalue weighted by Gasteiger charge is 2.10. The largest absolute Gasteiger partial charge is 0.506 e. The van der Waals surface area contributed by atoms with E-state index in [-0.39, 0.29) is 17.0 Å². The quantitative estimate of drug-likeness (QED) is 0.182. The number of hydrogen-bond donors (Lipinski definition) is 3. The average Bonchev–Trinajstić information content (AvgIpc) is 3.20. The number of nitrogens with zero attached hydrogens (tertiary/aromatic N) is 2. The number of halogens is 2. The van der Waals surface area contributed by atoms with Crippen molar-refractivity contribution in [1.29, 1.82) is 0 Å². The van der Waals surface area contributed by atoms with Crippen molar-refractivity contribution in [3.05, 3.63) is 94.9 Å². The van der Waals surface area contributed by atoms with Crippen molar-refractivity contribution in [2.24, 2.45) is 5.10 Å². The molecular formula is C24H20F2N4O2. The monoisotopic (exact) mass is 434 g/mol. The highest BCUT2D eigenvalue weighted by Crippen LogP contribution is 2.22. The lowest BCUT2D eigenvalue weighted by molar-refractivity contribution is 0.0955. The SMILES string of the molecule is Nc1cc(C(=O)N/N=C/c2cccc3c2ccn3Cc2ccc(CF)cc2F)ccc1O. The predicted octanol–water partition coefficient (Wildman–Crippen LogP) is 4.35. The van der Waals surface area contributed by atoms with Crippen LogP contribution >= 0.6 is 0 Å². The first kappa shape index (κ1) is 21.0. The van der Waals surface area contributed by atoms with Gasteiger partial charge in [-0.25, -0.2) is 14.2 Å². The van der Waals surface area contributed by atoms with E-state index in [1.54, 1.807) is 12.1 Å². The molecule has 32 heavy (non-hydrogen) atoms. The van der Waals surface area contributed by atoms with Crippen LogP contribution in [0.15, 0.2) is 72.0 Å². The molecule has 0 spiro atoms. The number of carbonyl (C=O) groups excluding carboxylic acids is 1. The molecule has 1 aromatic heterocycles. The Kier molecular flexibility index (Phi) is 5.85. The van der Waals surface area contributed by atoms with E-state index in [0.717, 1.165) is 16.5 Å². The zero-order chi connectivity index (χ0) is 22.7. The first-order valence-corrected chi connectivity index (χ1v) is 9.79. The van der Waals surface area contributed by atoms with Gasteiger partial charge in [0.15, 0.2) is 0 Å². The molecule has 4 rings (SSSR count). The zero-order valence-corrected chi connectivity index (χ0v) is 16.9. The van der Waals surface area contributed by atoms with E-state index in [1.165, 1.54) is 30.5 Å². The van der Waals surface area contributed by atoms with Crippen LogP contribution in [0.5, 0.6) is 5.75 Å². The first-order valence-electron chi connectivity index (χ1n) is 9.79. The van der Waals surface area contributed by atoms with Crippen LogP contribution in [0.3, 0.4) is 0 Å². The van der Waals surface area contributed by atoms with E-state index in [4.69, 9.17) is 5.73 Å². The minimum atomic E-state index is -0.705. The molecule has 0 saturated carbocycles. The second-order valence-electron chi connectivity index (χ2n) is 7.26. The third kappa shape index (κ3) is 4.29. The number of alkyl halides is 1. The lowest BCUT2D eigenvalue weighted by Crippen LogP contribution is -2.17. The number of phenols is 1. The van der Waals surface area contributed by atoms with Crippen LogP contribution in [-0.2, 0) is 13.2 Å². The van der Waals surface area contributed by atoms with Gasteiger partial charge < -0.3 is 15.4 Å². The number of nitrogen functional groups attached to an aromatic ring is 1. The maximum Gasteiger partial charge on any atom is 0.271 e. The Morgan fingerprint density at radius 2 is 2.00 bits per heavy atom. The molecule has 0 atom stereocenters. The van der Waals surface area contributed by atoms with Gasteiger partial charge in [-0.15, -0.1) is 0 Å². The molecule has 0 aliphatic carbocycles. The summed E-state index contributed by atoms with van der Waals surface area (Å²) in [5.41, 5.74) is 10.8. The summed E-state index contributed by atoms with van der Waals surface area (Å²) in [6.45, 7) is -0.412. The van der Waals surface area contributed by atoms with E-state index in [1.807, 2.05) is 35.0 Å². The van der Waals surface area contributed by atoms with Gasteiger partial charge in [-0.1, -0.05) is 24.3 Å². The molecule has 0 unspecified atom stereocenters. The number of amides is 1. The summed E-state index contributed by atoms with van der Waals surface area (Å²) in [6, 6.07) is 16.0. The predicted molar refractivity (Wildman–Crippen MR) is 120 cm³/mol. The molecule has 4 aromatic rings. The molecule has 6 nitrogen and oxygen atoms in total. The van der Waals surface area contributed by atoms with Crippen molar-refractivity contribution < 1.29 is 18.7 Å². The number of fused-ring (bicyclic) bond motifs is 1. The molecule has 0 aliphatic rings. The molecule has 162 valence electrons. The molecule has 1 amide bonds. The van der Waals surface area contributed by atoms with Crippen LogP contribution in [0.1, 0.15) is 27.0 Å². The van der Waals surface area contributed by atoms with Crippen molar-refractivity contribution in [2.75, 3.05) is 5.73 Å². The Hall–Kier alpha value is -4.20. The third-order valence-corrected chi connectivity index (χ3v) is 5.12. The van der Waals surface area contributed by atoms with E-state index in [0.29, 0.717) is 17.7 Å². The number of aromatic hydroxyl groups is 1. The number of phenolic OH excluding ortho intramolecular Hbond substituents is 1. The minimum Gasteiger partial charge on any atom is -0.506 e. The number of aromatic nitrogens is 1. The standard InChI is InChI=1S/C24H20F2N4O2/c25-12-15-4-5-18(20(26)10-15)14-30-9-8-19-17(2-1-3-22(19)30)13-28-29-24(32)16-6-7-23(31)21(27)11-16/h1-11,13,31H,12,14,27H2,(H,29,32)/b28-13+. The smallest absolute Gasteiger partial charge is 0.271 e. The molecule has 0 bridgehead atoms. The number of nitrogens with two attached hydrogens (primary N) is 1. The van der Waals surface area contributed by atoms with Crippen molar-refractivity contribution in [3.8, 4) is 5.75 Å². The summed E-state index contributed by atoms with van der Waals surface area (Å²) in [4.78, 5) is 12.2. The van der Waals surface area contributed by atoms with E-state index >= 15 is 0 Å². The summed E-state index contributed by atoms with van der Waals surface area (Å²) in [5, 5.41) is 14.3. The Morgan fingerprint density at radius 3 is 2.75 bits per heavy atom. The lowest BCUT2D eigenvalue weighted by atomic mass is 10.1. The third-order valence-electron chi connectivity index (χ3n) is 5.12. The second-order valence-corrected chi connectivity index (χ2v) is 7.26. The summed E-state index contributed by atoms with van der Waals surface area (Å²) in [5.74, 6) is -1.01. The van der Waals surface area contributed by atoms with Gasteiger partial charge in [0.2, 0.25) is 0 Å². The molecule has 0 saturated heterocycles. The van der Waals surface area contributed by atoms with Gasteiger partial charge in [0.25, 0.3) is 5.91 Å². The van der Waals surface area contributed by atoms with Crippen molar-refractivity contribution >= 4 is 28.7 Å². The normalized spacial score (nSPS) is 11.3. The van der Waals surface area contributed by atoms with Crippen LogP contribution in [0.25, 0.3) is 10.9 Å². The second kappa shape index (κ2) is 8.89. The molecule has 0 radical (unpaired) electrons. The summed E-state index contributed by atoms with van der Waals surface area (Å²) < 4.78 is 28.9. The maximum absolute atomic E-state index is 14.3. The van der Waals surface area contributed by atoms with Gasteiger partial charge in [0, 0.05) is 33.8 Å². The van der Waals surface area contributed by atoms with Gasteiger partial charge in [0.1, 0.15) is 18.2 Å². The van der Waals surface area contributed by atoms with Crippen LogP contribution in [-0.4, -0.2) is 21.8 Å². The van der Waals surface area contributed by atoms with Crippen LogP contribution in [0, 0.1) is 5.82 Å². The number of benzene rings is 3. The summed E-state index contributed by atoms with van der Waals surface area (Å²) in [6.07, 6.45) is 3.35. The van der Waals surface area contributed by atoms with Crippen LogP contribution in [0.4, 0.5) is 14.5 Å². The molecule has 8 heteroatoms. The zero-order valence-electron chi connectivity index (χ0n) is 16.9. The number of anilines is 1. The Balaban J connectivity index is 1.52. The average molecular weight is 434 g/mol. The Bertz CT molecular complexity index is 1330. The molecule has 1 heterocycles. The van der Waals surface area contributed by atoms with Crippen LogP contribution < -0.4 is 11.2 Å². The molecular weight excluding hydrogens is 414 g/mol. The van der Waals surface area contributed by atoms with Gasteiger partial charge in [-0.2, -0.15) is 5.10 Å². The number of hydrazone groups is 1. The molecule has 0 fully saturated rings.